The van der Waals surface area contributed by atoms with Crippen LogP contribution in [0.5, 0.6) is 0 Å². The molecule has 1 aromatic heterocycles. The first-order chi connectivity index (χ1) is 13.7. The van der Waals surface area contributed by atoms with Crippen molar-refractivity contribution in [1.82, 2.24) is 31.4 Å². The lowest BCUT2D eigenvalue weighted by molar-refractivity contribution is -0.131. The molecule has 3 unspecified atom stereocenters. The molecular weight excluding hydrogens is 394 g/mol. The molecule has 0 spiro atoms. The maximum Gasteiger partial charge on any atom is 0.238 e. The van der Waals surface area contributed by atoms with E-state index in [4.69, 9.17) is 0 Å². The van der Waals surface area contributed by atoms with Crippen LogP contribution in [0.25, 0.3) is 0 Å². The number of hydrogen-bond acceptors (Lipinski definition) is 7. The molecule has 0 aliphatic carbocycles. The van der Waals surface area contributed by atoms with Crippen molar-refractivity contribution in [3.05, 3.63) is 24.4 Å². The highest BCUT2D eigenvalue weighted by Crippen LogP contribution is 2.20. The van der Waals surface area contributed by atoms with Gasteiger partial charge in [0.25, 0.3) is 0 Å². The van der Waals surface area contributed by atoms with E-state index in [1.54, 1.807) is 6.20 Å². The van der Waals surface area contributed by atoms with Gasteiger partial charge in [-0.3, -0.25) is 15.0 Å². The molecule has 0 radical (unpaired) electrons. The Morgan fingerprint density at radius 2 is 2.00 bits per heavy atom. The molecule has 3 saturated heterocycles. The molecule has 4 heterocycles. The van der Waals surface area contributed by atoms with Gasteiger partial charge in [-0.25, -0.2) is 10.4 Å². The summed E-state index contributed by atoms with van der Waals surface area (Å²) in [6.45, 7) is 5.13. The Morgan fingerprint density at radius 1 is 1.17 bits per heavy atom. The van der Waals surface area contributed by atoms with Gasteiger partial charge in [0.05, 0.1) is 0 Å². The number of pyridine rings is 1. The highest BCUT2D eigenvalue weighted by atomic mass is 35.5. The van der Waals surface area contributed by atoms with E-state index in [9.17, 15) is 9.59 Å². The van der Waals surface area contributed by atoms with Crippen LogP contribution in [0, 0.1) is 5.92 Å². The molecule has 4 N–H and O–H groups in total. The highest BCUT2D eigenvalue weighted by Gasteiger charge is 2.40. The molecule has 0 bridgehead atoms. The minimum absolute atomic E-state index is 0. The van der Waals surface area contributed by atoms with E-state index in [2.05, 4.69) is 31.4 Å². The molecule has 4 rings (SSSR count). The number of aromatic nitrogens is 1. The van der Waals surface area contributed by atoms with Crippen LogP contribution in [-0.2, 0) is 9.59 Å². The minimum Gasteiger partial charge on any atom is -0.354 e. The van der Waals surface area contributed by atoms with Gasteiger partial charge in [-0.1, -0.05) is 6.07 Å². The van der Waals surface area contributed by atoms with Crippen molar-refractivity contribution >= 4 is 30.0 Å². The average Bonchev–Trinajstić information content (AvgIpc) is 3.19. The fourth-order valence-electron chi connectivity index (χ4n) is 4.26. The first-order valence-corrected chi connectivity index (χ1v) is 10.2. The molecule has 9 nitrogen and oxygen atoms in total. The standard InChI is InChI=1S/C19H29N7O2.ClH/c27-17(26-11-9-25(10-12-26)16-3-1-2-6-21-16)5-8-22-19(28)18-14-13-20-7-4-15(14)23-24-18;/h1-3,6,14-15,18,20,23-24H,4-5,7-13H2,(H,22,28);1H. The van der Waals surface area contributed by atoms with Gasteiger partial charge in [0.1, 0.15) is 11.9 Å². The molecular formula is C19H30ClN7O2. The predicted octanol–water partition coefficient (Wildman–Crippen LogP) is -0.887. The lowest BCUT2D eigenvalue weighted by Gasteiger charge is -2.35. The van der Waals surface area contributed by atoms with Gasteiger partial charge in [-0.05, 0) is 25.1 Å². The van der Waals surface area contributed by atoms with Crippen molar-refractivity contribution < 1.29 is 9.59 Å². The summed E-state index contributed by atoms with van der Waals surface area (Å²) in [5, 5.41) is 6.27. The van der Waals surface area contributed by atoms with Gasteiger partial charge in [0, 0.05) is 63.8 Å². The van der Waals surface area contributed by atoms with Crippen LogP contribution in [0.3, 0.4) is 0 Å². The number of fused-ring (bicyclic) bond motifs is 1. The topological polar surface area (TPSA) is 102 Å². The molecule has 1 aromatic rings. The monoisotopic (exact) mass is 423 g/mol. The number of anilines is 1. The van der Waals surface area contributed by atoms with Gasteiger partial charge in [0.2, 0.25) is 11.8 Å². The zero-order chi connectivity index (χ0) is 19.3. The number of nitrogens with zero attached hydrogens (tertiary/aromatic N) is 3. The van der Waals surface area contributed by atoms with Crippen LogP contribution in [-0.4, -0.2) is 79.6 Å². The summed E-state index contributed by atoms with van der Waals surface area (Å²) < 4.78 is 0. The second-order valence-electron chi connectivity index (χ2n) is 7.63. The Hall–Kier alpha value is -1.94. The second-order valence-corrected chi connectivity index (χ2v) is 7.63. The first kappa shape index (κ1) is 21.8. The third kappa shape index (κ3) is 5.16. The predicted molar refractivity (Wildman–Crippen MR) is 113 cm³/mol. The van der Waals surface area contributed by atoms with Crippen molar-refractivity contribution in [2.45, 2.75) is 24.9 Å². The molecule has 3 aliphatic heterocycles. The van der Waals surface area contributed by atoms with Crippen LogP contribution < -0.4 is 26.4 Å². The molecule has 160 valence electrons. The van der Waals surface area contributed by atoms with Crippen LogP contribution in [0.2, 0.25) is 0 Å². The average molecular weight is 424 g/mol. The summed E-state index contributed by atoms with van der Waals surface area (Å²) >= 11 is 0. The second kappa shape index (κ2) is 10.2. The van der Waals surface area contributed by atoms with E-state index in [1.807, 2.05) is 23.1 Å². The lowest BCUT2D eigenvalue weighted by Crippen LogP contribution is -2.51. The van der Waals surface area contributed by atoms with Crippen molar-refractivity contribution in [2.24, 2.45) is 5.92 Å². The summed E-state index contributed by atoms with van der Waals surface area (Å²) in [7, 11) is 0. The number of halogens is 1. The normalized spacial score (nSPS) is 26.4. The molecule has 2 amide bonds. The number of carbonyl (C=O) groups is 2. The summed E-state index contributed by atoms with van der Waals surface area (Å²) in [4.78, 5) is 33.4. The summed E-state index contributed by atoms with van der Waals surface area (Å²) in [5.74, 6) is 1.27. The van der Waals surface area contributed by atoms with Gasteiger partial charge in [-0.15, -0.1) is 12.4 Å². The van der Waals surface area contributed by atoms with Crippen molar-refractivity contribution in [2.75, 3.05) is 50.7 Å². The highest BCUT2D eigenvalue weighted by molar-refractivity contribution is 5.85. The zero-order valence-corrected chi connectivity index (χ0v) is 17.3. The number of rotatable bonds is 5. The van der Waals surface area contributed by atoms with Crippen molar-refractivity contribution in [3.63, 3.8) is 0 Å². The van der Waals surface area contributed by atoms with E-state index in [1.165, 1.54) is 0 Å². The molecule has 0 saturated carbocycles. The van der Waals surface area contributed by atoms with E-state index >= 15 is 0 Å². The van der Waals surface area contributed by atoms with E-state index in [-0.39, 0.29) is 36.2 Å². The smallest absolute Gasteiger partial charge is 0.238 e. The number of nitrogens with one attached hydrogen (secondary N) is 4. The number of piperazine rings is 1. The maximum atomic E-state index is 12.5. The number of hydrogen-bond donors (Lipinski definition) is 4. The molecule has 10 heteroatoms. The fourth-order valence-corrected chi connectivity index (χ4v) is 4.26. The summed E-state index contributed by atoms with van der Waals surface area (Å²) in [6.07, 6.45) is 3.14. The van der Waals surface area contributed by atoms with Gasteiger partial charge < -0.3 is 20.4 Å². The largest absolute Gasteiger partial charge is 0.354 e. The van der Waals surface area contributed by atoms with Crippen LogP contribution in [0.15, 0.2) is 24.4 Å². The SMILES string of the molecule is Cl.O=C(NCCC(=O)N1CCN(c2ccccn2)CC1)C1NNC2CCNCC21. The van der Waals surface area contributed by atoms with E-state index in [0.29, 0.717) is 32.1 Å². The Labute approximate surface area is 177 Å². The zero-order valence-electron chi connectivity index (χ0n) is 16.5. The number of amides is 2. The van der Waals surface area contributed by atoms with Crippen LogP contribution >= 0.6 is 12.4 Å². The molecule has 3 atom stereocenters. The van der Waals surface area contributed by atoms with Gasteiger partial charge in [0.15, 0.2) is 0 Å². The third-order valence-electron chi connectivity index (χ3n) is 5.91. The summed E-state index contributed by atoms with van der Waals surface area (Å²) in [5.41, 5.74) is 6.33. The number of hydrazine groups is 1. The summed E-state index contributed by atoms with van der Waals surface area (Å²) in [6, 6.07) is 5.97. The Bertz CT molecular complexity index is 684. The Balaban J connectivity index is 0.00000240. The van der Waals surface area contributed by atoms with E-state index in [0.717, 1.165) is 38.4 Å². The molecule has 0 aromatic carbocycles. The maximum absolute atomic E-state index is 12.5. The minimum atomic E-state index is -0.241. The Kier molecular flexibility index (Phi) is 7.65. The Morgan fingerprint density at radius 3 is 2.76 bits per heavy atom. The first-order valence-electron chi connectivity index (χ1n) is 10.2. The quantitative estimate of drug-likeness (QED) is 0.487. The number of carbonyl (C=O) groups excluding carboxylic acids is 2. The lowest BCUT2D eigenvalue weighted by atomic mass is 9.89. The molecule has 29 heavy (non-hydrogen) atoms. The van der Waals surface area contributed by atoms with Gasteiger partial charge >= 0.3 is 0 Å². The number of piperidine rings is 1. The van der Waals surface area contributed by atoms with Gasteiger partial charge in [-0.2, -0.15) is 0 Å². The fraction of sp³-hybridized carbons (Fsp3) is 0.632. The van der Waals surface area contributed by atoms with Crippen LogP contribution in [0.4, 0.5) is 5.82 Å². The van der Waals surface area contributed by atoms with Crippen LogP contribution in [0.1, 0.15) is 12.8 Å². The van der Waals surface area contributed by atoms with Crippen molar-refractivity contribution in [1.29, 1.82) is 0 Å². The molecule has 3 fully saturated rings. The van der Waals surface area contributed by atoms with E-state index < -0.39 is 0 Å². The molecule has 3 aliphatic rings. The third-order valence-corrected chi connectivity index (χ3v) is 5.91. The van der Waals surface area contributed by atoms with Crippen molar-refractivity contribution in [3.8, 4) is 0 Å².